The van der Waals surface area contributed by atoms with E-state index in [0.29, 0.717) is 28.1 Å². The molecule has 1 saturated carbocycles. The Labute approximate surface area is 156 Å². The van der Waals surface area contributed by atoms with Gasteiger partial charge in [-0.05, 0) is 12.1 Å². The molecule has 4 rings (SSSR count). The third-order valence-electron chi connectivity index (χ3n) is 4.35. The van der Waals surface area contributed by atoms with Gasteiger partial charge in [-0.1, -0.05) is 11.6 Å². The van der Waals surface area contributed by atoms with E-state index >= 15 is 0 Å². The molecule has 0 saturated heterocycles. The number of H-pyrrole nitrogens is 1. The zero-order chi connectivity index (χ0) is 19.2. The number of pyridine rings is 2. The van der Waals surface area contributed by atoms with E-state index in [1.54, 1.807) is 0 Å². The smallest absolute Gasteiger partial charge is 0.323 e. The molecule has 140 valence electrons. The lowest BCUT2D eigenvalue weighted by Crippen LogP contribution is -2.34. The van der Waals surface area contributed by atoms with Crippen molar-refractivity contribution in [1.29, 1.82) is 0 Å². The fraction of sp³-hybridized carbons (Fsp3) is 0.235. The van der Waals surface area contributed by atoms with Crippen LogP contribution < -0.4 is 10.6 Å². The molecule has 3 aromatic heterocycles. The van der Waals surface area contributed by atoms with Crippen molar-refractivity contribution in [2.75, 3.05) is 10.6 Å². The summed E-state index contributed by atoms with van der Waals surface area (Å²) in [5.41, 5.74) is 1.48. The first-order valence-electron chi connectivity index (χ1n) is 8.05. The van der Waals surface area contributed by atoms with Crippen molar-refractivity contribution in [3.05, 3.63) is 47.3 Å². The minimum Gasteiger partial charge on any atom is -0.344 e. The van der Waals surface area contributed by atoms with E-state index in [9.17, 15) is 18.0 Å². The fourth-order valence-electron chi connectivity index (χ4n) is 3.04. The van der Waals surface area contributed by atoms with Gasteiger partial charge < -0.3 is 15.6 Å². The van der Waals surface area contributed by atoms with E-state index in [2.05, 4.69) is 25.6 Å². The summed E-state index contributed by atoms with van der Waals surface area (Å²) in [6.45, 7) is 0. The van der Waals surface area contributed by atoms with Crippen molar-refractivity contribution >= 4 is 40.0 Å². The van der Waals surface area contributed by atoms with E-state index in [0.717, 1.165) is 6.20 Å². The summed E-state index contributed by atoms with van der Waals surface area (Å²) in [7, 11) is 0. The standard InChI is InChI=1S/C17H13ClF3N5O/c18-12-2-10(6-22-14(12)8-3-17(20,21)4-8)25-16(27)26-13-7-24-15-11(13)1-9(19)5-23-15/h1-2,5-8H,3-4H2,(H,23,24)(H2,25,26,27). The highest BCUT2D eigenvalue weighted by atomic mass is 35.5. The number of amides is 2. The molecule has 0 aromatic carbocycles. The Morgan fingerprint density at radius 1 is 1.22 bits per heavy atom. The van der Waals surface area contributed by atoms with Gasteiger partial charge in [0.1, 0.15) is 11.5 Å². The Bertz CT molecular complexity index is 1030. The van der Waals surface area contributed by atoms with Crippen molar-refractivity contribution in [1.82, 2.24) is 15.0 Å². The molecule has 3 aromatic rings. The highest BCUT2D eigenvalue weighted by molar-refractivity contribution is 6.31. The van der Waals surface area contributed by atoms with Crippen LogP contribution in [0.5, 0.6) is 0 Å². The molecule has 6 nitrogen and oxygen atoms in total. The quantitative estimate of drug-likeness (QED) is 0.589. The molecule has 3 N–H and O–H groups in total. The molecule has 1 fully saturated rings. The Kier molecular flexibility index (Phi) is 4.18. The number of nitrogens with zero attached hydrogens (tertiary/aromatic N) is 2. The SMILES string of the molecule is O=C(Nc1cnc(C2CC(F)(F)C2)c(Cl)c1)Nc1c[nH]c2ncc(F)cc12. The second-order valence-electron chi connectivity index (χ2n) is 6.38. The van der Waals surface area contributed by atoms with E-state index in [-0.39, 0.29) is 23.8 Å². The predicted octanol–water partition coefficient (Wildman–Crippen LogP) is 4.91. The van der Waals surface area contributed by atoms with Crippen LogP contribution >= 0.6 is 11.6 Å². The highest BCUT2D eigenvalue weighted by Gasteiger charge is 2.47. The van der Waals surface area contributed by atoms with Crippen LogP contribution in [0.4, 0.5) is 29.3 Å². The van der Waals surface area contributed by atoms with Gasteiger partial charge in [0.05, 0.1) is 34.5 Å². The molecule has 1 aliphatic rings. The summed E-state index contributed by atoms with van der Waals surface area (Å²) in [6, 6.07) is 2.10. The van der Waals surface area contributed by atoms with Crippen LogP contribution in [-0.2, 0) is 0 Å². The normalized spacial score (nSPS) is 16.1. The topological polar surface area (TPSA) is 82.7 Å². The van der Waals surface area contributed by atoms with Crippen molar-refractivity contribution < 1.29 is 18.0 Å². The molecule has 0 aliphatic heterocycles. The Morgan fingerprint density at radius 3 is 2.70 bits per heavy atom. The highest BCUT2D eigenvalue weighted by Crippen LogP contribution is 2.49. The molecule has 0 unspecified atom stereocenters. The third kappa shape index (κ3) is 3.55. The van der Waals surface area contributed by atoms with Gasteiger partial charge in [0, 0.05) is 30.3 Å². The van der Waals surface area contributed by atoms with Gasteiger partial charge in [0.25, 0.3) is 0 Å². The maximum atomic E-state index is 13.3. The van der Waals surface area contributed by atoms with Crippen LogP contribution in [0.1, 0.15) is 24.5 Å². The lowest BCUT2D eigenvalue weighted by molar-refractivity contribution is -0.0875. The number of aromatic nitrogens is 3. The number of halogens is 4. The maximum Gasteiger partial charge on any atom is 0.323 e. The number of nitrogens with one attached hydrogen (secondary N) is 3. The van der Waals surface area contributed by atoms with Crippen LogP contribution in [0.3, 0.4) is 0 Å². The lowest BCUT2D eigenvalue weighted by atomic mass is 9.79. The number of rotatable bonds is 3. The summed E-state index contributed by atoms with van der Waals surface area (Å²) in [5.74, 6) is -3.58. The van der Waals surface area contributed by atoms with Crippen LogP contribution in [0.15, 0.2) is 30.7 Å². The number of aromatic amines is 1. The average molecular weight is 396 g/mol. The van der Waals surface area contributed by atoms with Crippen LogP contribution in [0.2, 0.25) is 5.02 Å². The molecule has 1 aliphatic carbocycles. The number of hydrogen-bond acceptors (Lipinski definition) is 3. The van der Waals surface area contributed by atoms with Crippen LogP contribution in [-0.4, -0.2) is 26.9 Å². The number of carbonyl (C=O) groups is 1. The first-order valence-corrected chi connectivity index (χ1v) is 8.42. The number of urea groups is 1. The minimum absolute atomic E-state index is 0.215. The van der Waals surface area contributed by atoms with Crippen molar-refractivity contribution in [2.24, 2.45) is 0 Å². The molecule has 0 radical (unpaired) electrons. The number of fused-ring (bicyclic) bond motifs is 1. The summed E-state index contributed by atoms with van der Waals surface area (Å²) in [4.78, 5) is 23.0. The molecule has 27 heavy (non-hydrogen) atoms. The zero-order valence-corrected chi connectivity index (χ0v) is 14.4. The van der Waals surface area contributed by atoms with Crippen molar-refractivity contribution in [2.45, 2.75) is 24.7 Å². The summed E-state index contributed by atoms with van der Waals surface area (Å²) in [6.07, 6.45) is 3.35. The van der Waals surface area contributed by atoms with Gasteiger partial charge in [-0.25, -0.2) is 22.9 Å². The average Bonchev–Trinajstić information content (AvgIpc) is 2.95. The monoisotopic (exact) mass is 395 g/mol. The summed E-state index contributed by atoms with van der Waals surface area (Å²) < 4.78 is 39.3. The first kappa shape index (κ1) is 17.6. The number of hydrogen-bond donors (Lipinski definition) is 3. The summed E-state index contributed by atoms with van der Waals surface area (Å²) >= 11 is 6.12. The van der Waals surface area contributed by atoms with E-state index in [4.69, 9.17) is 11.6 Å². The fourth-order valence-corrected chi connectivity index (χ4v) is 3.36. The van der Waals surface area contributed by atoms with E-state index < -0.39 is 17.8 Å². The van der Waals surface area contributed by atoms with Crippen molar-refractivity contribution in [3.63, 3.8) is 0 Å². The lowest BCUT2D eigenvalue weighted by Gasteiger charge is -2.34. The Morgan fingerprint density at radius 2 is 2.00 bits per heavy atom. The molecule has 0 atom stereocenters. The number of alkyl halides is 2. The van der Waals surface area contributed by atoms with Gasteiger partial charge in [-0.15, -0.1) is 0 Å². The molecule has 2 amide bonds. The molecule has 0 spiro atoms. The Hall–Kier alpha value is -2.81. The van der Waals surface area contributed by atoms with Gasteiger partial charge >= 0.3 is 6.03 Å². The third-order valence-corrected chi connectivity index (χ3v) is 4.65. The Balaban J connectivity index is 1.45. The van der Waals surface area contributed by atoms with Gasteiger partial charge in [0.2, 0.25) is 5.92 Å². The molecule has 0 bridgehead atoms. The van der Waals surface area contributed by atoms with Crippen LogP contribution in [0, 0.1) is 5.82 Å². The van der Waals surface area contributed by atoms with E-state index in [1.807, 2.05) is 0 Å². The minimum atomic E-state index is -2.67. The molecular formula is C17H13ClF3N5O. The molecule has 3 heterocycles. The van der Waals surface area contributed by atoms with Gasteiger partial charge in [-0.2, -0.15) is 0 Å². The number of anilines is 2. The second-order valence-corrected chi connectivity index (χ2v) is 6.79. The first-order chi connectivity index (χ1) is 12.8. The van der Waals surface area contributed by atoms with Crippen LogP contribution in [0.25, 0.3) is 11.0 Å². The van der Waals surface area contributed by atoms with Gasteiger partial charge in [0.15, 0.2) is 0 Å². The maximum absolute atomic E-state index is 13.3. The largest absolute Gasteiger partial charge is 0.344 e. The zero-order valence-electron chi connectivity index (χ0n) is 13.7. The molecule has 10 heteroatoms. The van der Waals surface area contributed by atoms with E-state index in [1.165, 1.54) is 24.5 Å². The summed E-state index contributed by atoms with van der Waals surface area (Å²) in [5, 5.41) is 5.75. The van der Waals surface area contributed by atoms with Crippen molar-refractivity contribution in [3.8, 4) is 0 Å². The second kappa shape index (κ2) is 6.41. The molecular weight excluding hydrogens is 383 g/mol. The predicted molar refractivity (Wildman–Crippen MR) is 94.9 cm³/mol. The number of carbonyl (C=O) groups excluding carboxylic acids is 1. The van der Waals surface area contributed by atoms with Gasteiger partial charge in [-0.3, -0.25) is 4.98 Å².